The van der Waals surface area contributed by atoms with Crippen molar-refractivity contribution in [1.29, 1.82) is 0 Å². The first kappa shape index (κ1) is 19.2. The number of aromatic hydroxyl groups is 2. The van der Waals surface area contributed by atoms with Crippen LogP contribution in [0.5, 0.6) is 11.5 Å². The number of halogens is 1. The minimum Gasteiger partial charge on any atom is -0.508 e. The molecular weight excluding hydrogens is 404 g/mol. The van der Waals surface area contributed by atoms with Crippen LogP contribution in [0.25, 0.3) is 10.8 Å². The Kier molecular flexibility index (Phi) is 3.92. The highest BCUT2D eigenvalue weighted by Gasteiger charge is 2.60. The molecule has 0 radical (unpaired) electrons. The molecule has 8 N–H and O–H groups in total. The molecular formula is C19H15ClN2O7. The molecule has 2 aromatic rings. The third-order valence-electron chi connectivity index (χ3n) is 5.66. The van der Waals surface area contributed by atoms with Crippen LogP contribution in [-0.4, -0.2) is 49.5 Å². The van der Waals surface area contributed by atoms with Crippen molar-refractivity contribution < 1.29 is 34.8 Å². The number of phenols is 2. The summed E-state index contributed by atoms with van der Waals surface area (Å²) in [6.45, 7) is 0. The van der Waals surface area contributed by atoms with Crippen molar-refractivity contribution >= 4 is 39.8 Å². The number of hydrogen-bond donors (Lipinski definition) is 6. The molecule has 0 spiro atoms. The van der Waals surface area contributed by atoms with Gasteiger partial charge in [-0.15, -0.1) is 0 Å². The number of amides is 1. The van der Waals surface area contributed by atoms with Gasteiger partial charge in [-0.1, -0.05) is 11.6 Å². The van der Waals surface area contributed by atoms with Gasteiger partial charge >= 0.3 is 0 Å². The second-order valence-corrected chi connectivity index (χ2v) is 7.54. The van der Waals surface area contributed by atoms with Gasteiger partial charge in [0.05, 0.1) is 17.0 Å². The van der Waals surface area contributed by atoms with E-state index in [9.17, 15) is 34.8 Å². The Bertz CT molecular complexity index is 1190. The zero-order chi connectivity index (χ0) is 21.4. The first-order valence-corrected chi connectivity index (χ1v) is 8.86. The fourth-order valence-electron chi connectivity index (χ4n) is 4.22. The second-order valence-electron chi connectivity index (χ2n) is 7.13. The van der Waals surface area contributed by atoms with E-state index in [0.717, 1.165) is 0 Å². The molecule has 1 amide bonds. The van der Waals surface area contributed by atoms with Crippen molar-refractivity contribution in [2.45, 2.75) is 18.1 Å². The highest BCUT2D eigenvalue weighted by Crippen LogP contribution is 2.49. The van der Waals surface area contributed by atoms with Crippen LogP contribution in [-0.2, 0) is 16.0 Å². The molecule has 0 bridgehead atoms. The maximum absolute atomic E-state index is 13.2. The summed E-state index contributed by atoms with van der Waals surface area (Å²) in [5.41, 5.74) is 7.13. The minimum absolute atomic E-state index is 0.124. The monoisotopic (exact) mass is 418 g/mol. The van der Waals surface area contributed by atoms with E-state index in [0.29, 0.717) is 0 Å². The van der Waals surface area contributed by atoms with Gasteiger partial charge in [0.15, 0.2) is 11.4 Å². The van der Waals surface area contributed by atoms with Crippen LogP contribution in [0.3, 0.4) is 0 Å². The maximum Gasteiger partial charge on any atom is 0.255 e. The lowest BCUT2D eigenvalue weighted by molar-refractivity contribution is -0.127. The van der Waals surface area contributed by atoms with E-state index >= 15 is 0 Å². The van der Waals surface area contributed by atoms with Gasteiger partial charge in [-0.05, 0) is 30.2 Å². The lowest BCUT2D eigenvalue weighted by Crippen LogP contribution is -2.64. The normalized spacial score (nSPS) is 26.4. The fraction of sp³-hybridized carbons (Fsp3) is 0.211. The van der Waals surface area contributed by atoms with Crippen molar-refractivity contribution in [3.63, 3.8) is 0 Å². The summed E-state index contributed by atoms with van der Waals surface area (Å²) < 4.78 is 0. The Morgan fingerprint density at radius 3 is 2.48 bits per heavy atom. The van der Waals surface area contributed by atoms with Crippen LogP contribution >= 0.6 is 11.6 Å². The summed E-state index contributed by atoms with van der Waals surface area (Å²) in [5, 5.41) is 42.7. The summed E-state index contributed by atoms with van der Waals surface area (Å²) in [5.74, 6) is -7.06. The Balaban J connectivity index is 2.07. The van der Waals surface area contributed by atoms with E-state index in [-0.39, 0.29) is 39.1 Å². The lowest BCUT2D eigenvalue weighted by atomic mass is 9.62. The van der Waals surface area contributed by atoms with Crippen molar-refractivity contribution in [1.82, 2.24) is 0 Å². The summed E-state index contributed by atoms with van der Waals surface area (Å²) in [6, 6.07) is 2.55. The van der Waals surface area contributed by atoms with Gasteiger partial charge in [-0.2, -0.15) is 0 Å². The van der Waals surface area contributed by atoms with Crippen LogP contribution in [0.2, 0.25) is 5.02 Å². The average Bonchev–Trinajstić information content (AvgIpc) is 2.65. The summed E-state index contributed by atoms with van der Waals surface area (Å²) in [4.78, 5) is 37.2. The number of carbonyl (C=O) groups excluding carboxylic acids is 3. The van der Waals surface area contributed by atoms with Crippen molar-refractivity contribution in [2.75, 3.05) is 0 Å². The van der Waals surface area contributed by atoms with Crippen LogP contribution in [0.4, 0.5) is 0 Å². The van der Waals surface area contributed by atoms with Crippen LogP contribution in [0, 0.1) is 5.92 Å². The molecule has 2 aromatic carbocycles. The fourth-order valence-corrected chi connectivity index (χ4v) is 4.43. The molecule has 0 aliphatic heterocycles. The van der Waals surface area contributed by atoms with Crippen molar-refractivity contribution in [3.05, 3.63) is 45.7 Å². The minimum atomic E-state index is -2.75. The standard InChI is InChI=1S/C19H15ClN2O7/c20-8-1-2-9(23)11-6(8)3-5-4-7-13(21)15(25)12(18(22)28)17(27)19(7,29)16(26)10(5)14(11)24/h1-3,7,13,23-24,27,29H,4,21H2,(H2,22,28)/t7-,13-,19-/m0/s1. The first-order chi connectivity index (χ1) is 13.5. The van der Waals surface area contributed by atoms with E-state index in [1.807, 2.05) is 0 Å². The third-order valence-corrected chi connectivity index (χ3v) is 5.99. The van der Waals surface area contributed by atoms with Crippen LogP contribution in [0.1, 0.15) is 15.9 Å². The number of rotatable bonds is 1. The molecule has 0 saturated heterocycles. The molecule has 4 rings (SSSR count). The Morgan fingerprint density at radius 1 is 1.21 bits per heavy atom. The van der Waals surface area contributed by atoms with E-state index in [4.69, 9.17) is 23.1 Å². The average molecular weight is 419 g/mol. The van der Waals surface area contributed by atoms with E-state index in [1.165, 1.54) is 18.2 Å². The molecule has 0 unspecified atom stereocenters. The Hall–Kier alpha value is -3.14. The van der Waals surface area contributed by atoms with E-state index < -0.39 is 52.1 Å². The lowest BCUT2D eigenvalue weighted by Gasteiger charge is -2.44. The van der Waals surface area contributed by atoms with Gasteiger partial charge in [0.1, 0.15) is 22.8 Å². The quantitative estimate of drug-likeness (QED) is 0.354. The molecule has 150 valence electrons. The molecule has 3 atom stereocenters. The largest absolute Gasteiger partial charge is 0.508 e. The van der Waals surface area contributed by atoms with Gasteiger partial charge in [-0.25, -0.2) is 0 Å². The third kappa shape index (κ3) is 2.26. The molecule has 29 heavy (non-hydrogen) atoms. The molecule has 2 aliphatic rings. The Labute approximate surface area is 167 Å². The topological polar surface area (TPSA) is 184 Å². The van der Waals surface area contributed by atoms with Crippen molar-refractivity contribution in [2.24, 2.45) is 17.4 Å². The van der Waals surface area contributed by atoms with Gasteiger partial charge < -0.3 is 31.9 Å². The van der Waals surface area contributed by atoms with Crippen LogP contribution in [0.15, 0.2) is 29.5 Å². The van der Waals surface area contributed by atoms with Gasteiger partial charge in [0, 0.05) is 16.3 Å². The predicted octanol–water partition coefficient (Wildman–Crippen LogP) is 0.198. The Morgan fingerprint density at radius 2 is 1.86 bits per heavy atom. The SMILES string of the molecule is NC(=O)C1=C(O)[C@@]2(O)C(=O)c3c(cc4c(Cl)ccc(O)c4c3O)C[C@H]2[C@H](N)C1=O. The smallest absolute Gasteiger partial charge is 0.255 e. The number of benzene rings is 2. The van der Waals surface area contributed by atoms with E-state index in [1.54, 1.807) is 0 Å². The summed E-state index contributed by atoms with van der Waals surface area (Å²) >= 11 is 6.14. The molecule has 9 nitrogen and oxygen atoms in total. The molecule has 0 saturated carbocycles. The zero-order valence-electron chi connectivity index (χ0n) is 14.6. The number of primary amides is 1. The van der Waals surface area contributed by atoms with Gasteiger partial charge in [0.2, 0.25) is 5.78 Å². The zero-order valence-corrected chi connectivity index (χ0v) is 15.4. The number of Topliss-reactive ketones (excluding diaryl/α,β-unsaturated/α-hetero) is 2. The highest BCUT2D eigenvalue weighted by molar-refractivity contribution is 6.36. The van der Waals surface area contributed by atoms with Crippen molar-refractivity contribution in [3.8, 4) is 11.5 Å². The molecule has 0 fully saturated rings. The summed E-state index contributed by atoms with van der Waals surface area (Å²) in [6.07, 6.45) is -0.198. The molecule has 10 heteroatoms. The number of carbonyl (C=O) groups is 3. The van der Waals surface area contributed by atoms with Gasteiger partial charge in [-0.3, -0.25) is 14.4 Å². The predicted molar refractivity (Wildman–Crippen MR) is 101 cm³/mol. The van der Waals surface area contributed by atoms with Gasteiger partial charge in [0.25, 0.3) is 5.91 Å². The number of aliphatic hydroxyl groups excluding tert-OH is 1. The highest BCUT2D eigenvalue weighted by atomic mass is 35.5. The summed E-state index contributed by atoms with van der Waals surface area (Å²) in [7, 11) is 0. The number of fused-ring (bicyclic) bond motifs is 3. The number of hydrogen-bond acceptors (Lipinski definition) is 8. The number of nitrogens with two attached hydrogens (primary N) is 2. The van der Waals surface area contributed by atoms with Crippen LogP contribution < -0.4 is 11.5 Å². The molecule has 0 aromatic heterocycles. The number of ketones is 2. The number of phenolic OH excluding ortho intramolecular Hbond substituents is 2. The van der Waals surface area contributed by atoms with E-state index in [2.05, 4.69) is 0 Å². The second kappa shape index (κ2) is 5.93. The maximum atomic E-state index is 13.2. The number of aliphatic hydroxyl groups is 2. The molecule has 2 aliphatic carbocycles. The molecule has 0 heterocycles. The first-order valence-electron chi connectivity index (χ1n) is 8.48.